The van der Waals surface area contributed by atoms with E-state index in [9.17, 15) is 14.3 Å². The first-order valence-corrected chi connectivity index (χ1v) is 29.6. The first-order chi connectivity index (χ1) is 32.4. The largest absolute Gasteiger partial charge is 0.472 e. The molecule has 0 aromatic carbocycles. The zero-order chi connectivity index (χ0) is 48.0. The van der Waals surface area contributed by atoms with Crippen LogP contribution in [0.1, 0.15) is 271 Å². The van der Waals surface area contributed by atoms with E-state index in [1.165, 1.54) is 193 Å². The maximum atomic E-state index is 12.7. The number of phosphoric acid groups is 1. The minimum atomic E-state index is -4.29. The highest BCUT2D eigenvalue weighted by atomic mass is 31.2. The number of esters is 1. The van der Waals surface area contributed by atoms with Gasteiger partial charge in [0, 0.05) is 19.6 Å². The first kappa shape index (κ1) is 64.5. The maximum absolute atomic E-state index is 12.7. The molecule has 9 heteroatoms. The summed E-state index contributed by atoms with van der Waals surface area (Å²) in [6.07, 6.45) is 67.3. The van der Waals surface area contributed by atoms with E-state index in [0.29, 0.717) is 13.0 Å². The second-order valence-electron chi connectivity index (χ2n) is 18.8. The molecule has 0 heterocycles. The minimum absolute atomic E-state index is 0.0948. The molecule has 0 aromatic rings. The molecule has 66 heavy (non-hydrogen) atoms. The lowest BCUT2D eigenvalue weighted by molar-refractivity contribution is -0.154. The Labute approximate surface area is 409 Å². The Morgan fingerprint density at radius 3 is 1.27 bits per heavy atom. The summed E-state index contributed by atoms with van der Waals surface area (Å²) in [5.74, 6) is -0.328. The van der Waals surface area contributed by atoms with Gasteiger partial charge in [0.25, 0.3) is 0 Å². The average molecular weight is 950 g/mol. The fourth-order valence-corrected chi connectivity index (χ4v) is 8.93. The number of rotatable bonds is 54. The zero-order valence-corrected chi connectivity index (χ0v) is 44.3. The van der Waals surface area contributed by atoms with Gasteiger partial charge in [-0.05, 0) is 51.4 Å². The molecule has 0 saturated carbocycles. The summed E-state index contributed by atoms with van der Waals surface area (Å²) in [5.41, 5.74) is 5.40. The van der Waals surface area contributed by atoms with Gasteiger partial charge in [-0.2, -0.15) is 0 Å². The van der Waals surface area contributed by atoms with Crippen LogP contribution >= 0.6 is 7.82 Å². The third-order valence-electron chi connectivity index (χ3n) is 12.3. The van der Waals surface area contributed by atoms with E-state index in [2.05, 4.69) is 62.5 Å². The molecule has 0 fully saturated rings. The molecule has 0 aliphatic heterocycles. The van der Waals surface area contributed by atoms with Crippen molar-refractivity contribution >= 4 is 13.8 Å². The number of carbonyl (C=O) groups excluding carboxylic acids is 1. The molecule has 0 saturated heterocycles. The first-order valence-electron chi connectivity index (χ1n) is 28.1. The van der Waals surface area contributed by atoms with Crippen molar-refractivity contribution in [1.82, 2.24) is 0 Å². The molecule has 0 aliphatic rings. The van der Waals surface area contributed by atoms with Crippen molar-refractivity contribution in [3.8, 4) is 0 Å². The van der Waals surface area contributed by atoms with E-state index in [-0.39, 0.29) is 32.3 Å². The Morgan fingerprint density at radius 2 is 0.848 bits per heavy atom. The van der Waals surface area contributed by atoms with Crippen LogP contribution < -0.4 is 5.73 Å². The molecular formula is C57H108NO7P. The van der Waals surface area contributed by atoms with Crippen molar-refractivity contribution in [2.75, 3.05) is 33.0 Å². The summed E-state index contributed by atoms with van der Waals surface area (Å²) in [5, 5.41) is 0. The number of ether oxygens (including phenoxy) is 2. The Kier molecular flexibility index (Phi) is 53.1. The second-order valence-corrected chi connectivity index (χ2v) is 20.2. The van der Waals surface area contributed by atoms with Crippen molar-refractivity contribution in [2.24, 2.45) is 5.73 Å². The SMILES string of the molecule is CC/C=C\C/C=C\C/C=C\C/C=C\CCCCCCCCCCCCCCC(=O)OC(COCCCCCCCCCCCCCCCCCCCCCCCC)COP(=O)(O)OCCN. The topological polar surface area (TPSA) is 117 Å². The molecule has 388 valence electrons. The Bertz CT molecular complexity index is 1160. The average Bonchev–Trinajstić information content (AvgIpc) is 3.31. The van der Waals surface area contributed by atoms with E-state index in [4.69, 9.17) is 24.3 Å². The lowest BCUT2D eigenvalue weighted by Crippen LogP contribution is -2.28. The smallest absolute Gasteiger partial charge is 0.457 e. The number of phosphoric ester groups is 1. The minimum Gasteiger partial charge on any atom is -0.457 e. The lowest BCUT2D eigenvalue weighted by Gasteiger charge is -2.20. The predicted molar refractivity (Wildman–Crippen MR) is 284 cm³/mol. The van der Waals surface area contributed by atoms with Gasteiger partial charge in [-0.15, -0.1) is 0 Å². The van der Waals surface area contributed by atoms with E-state index < -0.39 is 13.9 Å². The summed E-state index contributed by atoms with van der Waals surface area (Å²) in [7, 11) is -4.29. The van der Waals surface area contributed by atoms with Gasteiger partial charge >= 0.3 is 13.8 Å². The molecule has 8 nitrogen and oxygen atoms in total. The van der Waals surface area contributed by atoms with Crippen LogP contribution in [0, 0.1) is 0 Å². The zero-order valence-electron chi connectivity index (χ0n) is 43.4. The van der Waals surface area contributed by atoms with Gasteiger partial charge in [0.1, 0.15) is 6.10 Å². The third-order valence-corrected chi connectivity index (χ3v) is 13.2. The maximum Gasteiger partial charge on any atom is 0.472 e. The standard InChI is InChI=1S/C57H108NO7P/c1-3-5-7-9-11-13-15-17-19-21-23-25-27-28-29-30-32-34-36-38-40-42-44-46-48-50-57(59)65-56(55-64-66(60,61)63-53-51-58)54-62-52-49-47-45-43-41-39-37-35-33-31-26-24-22-20-18-16-14-12-10-8-6-4-2/h5,7,11,13,17,19,23,25,56H,3-4,6,8-10,12,14-16,18,20-22,24,26-55,58H2,1-2H3,(H,60,61)/b7-5-,13-11-,19-17-,25-23-. The third kappa shape index (κ3) is 53.4. The highest BCUT2D eigenvalue weighted by Crippen LogP contribution is 2.43. The molecule has 0 aromatic heterocycles. The van der Waals surface area contributed by atoms with Crippen molar-refractivity contribution in [3.05, 3.63) is 48.6 Å². The van der Waals surface area contributed by atoms with E-state index in [1.54, 1.807) is 0 Å². The summed E-state index contributed by atoms with van der Waals surface area (Å²) in [6, 6.07) is 0. The Hall–Kier alpha value is -1.54. The van der Waals surface area contributed by atoms with Crippen LogP contribution in [-0.2, 0) is 27.9 Å². The molecule has 2 atom stereocenters. The number of unbranched alkanes of at least 4 members (excludes halogenated alkanes) is 33. The van der Waals surface area contributed by atoms with Crippen molar-refractivity contribution in [1.29, 1.82) is 0 Å². The Morgan fingerprint density at radius 1 is 0.470 bits per heavy atom. The molecule has 0 amide bonds. The summed E-state index contributed by atoms with van der Waals surface area (Å²) in [4.78, 5) is 22.7. The molecule has 0 rings (SSSR count). The molecule has 2 unspecified atom stereocenters. The van der Waals surface area contributed by atoms with Crippen LogP contribution in [0.5, 0.6) is 0 Å². The fraction of sp³-hybridized carbons (Fsp3) is 0.842. The predicted octanol–water partition coefficient (Wildman–Crippen LogP) is 17.9. The number of carbonyl (C=O) groups is 1. The summed E-state index contributed by atoms with van der Waals surface area (Å²) < 4.78 is 33.7. The van der Waals surface area contributed by atoms with Crippen LogP contribution in [0.25, 0.3) is 0 Å². The van der Waals surface area contributed by atoms with Gasteiger partial charge in [0.2, 0.25) is 0 Å². The summed E-state index contributed by atoms with van der Waals surface area (Å²) in [6.45, 7) is 4.87. The van der Waals surface area contributed by atoms with Gasteiger partial charge in [-0.3, -0.25) is 13.8 Å². The van der Waals surface area contributed by atoms with Crippen molar-refractivity contribution in [3.63, 3.8) is 0 Å². The van der Waals surface area contributed by atoms with E-state index >= 15 is 0 Å². The van der Waals surface area contributed by atoms with Gasteiger partial charge in [0.05, 0.1) is 19.8 Å². The molecule has 0 spiro atoms. The van der Waals surface area contributed by atoms with Gasteiger partial charge < -0.3 is 20.1 Å². The molecule has 0 bridgehead atoms. The van der Waals surface area contributed by atoms with E-state index in [1.807, 2.05) is 0 Å². The fourth-order valence-electron chi connectivity index (χ4n) is 8.17. The van der Waals surface area contributed by atoms with Crippen LogP contribution in [0.15, 0.2) is 48.6 Å². The highest BCUT2D eigenvalue weighted by Gasteiger charge is 2.25. The normalized spacial score (nSPS) is 13.6. The van der Waals surface area contributed by atoms with Crippen LogP contribution in [0.4, 0.5) is 0 Å². The summed E-state index contributed by atoms with van der Waals surface area (Å²) >= 11 is 0. The highest BCUT2D eigenvalue weighted by molar-refractivity contribution is 7.47. The number of allylic oxidation sites excluding steroid dienone is 8. The number of hydrogen-bond acceptors (Lipinski definition) is 7. The number of hydrogen-bond donors (Lipinski definition) is 2. The van der Waals surface area contributed by atoms with Gasteiger partial charge in [-0.25, -0.2) is 4.57 Å². The monoisotopic (exact) mass is 950 g/mol. The molecule has 0 radical (unpaired) electrons. The van der Waals surface area contributed by atoms with Crippen molar-refractivity contribution < 1.29 is 32.8 Å². The van der Waals surface area contributed by atoms with Crippen molar-refractivity contribution in [2.45, 2.75) is 277 Å². The molecular weight excluding hydrogens is 842 g/mol. The quantitative estimate of drug-likeness (QED) is 0.0268. The van der Waals surface area contributed by atoms with Gasteiger partial charge in [-0.1, -0.05) is 262 Å². The van der Waals surface area contributed by atoms with Crippen LogP contribution in [-0.4, -0.2) is 49.9 Å². The Balaban J connectivity index is 3.87. The number of nitrogens with two attached hydrogens (primary N) is 1. The van der Waals surface area contributed by atoms with Gasteiger partial charge in [0.15, 0.2) is 0 Å². The van der Waals surface area contributed by atoms with Crippen LogP contribution in [0.2, 0.25) is 0 Å². The molecule has 0 aliphatic carbocycles. The second kappa shape index (κ2) is 54.4. The molecule has 3 N–H and O–H groups in total. The van der Waals surface area contributed by atoms with E-state index in [0.717, 1.165) is 57.8 Å². The lowest BCUT2D eigenvalue weighted by atomic mass is 10.0. The van der Waals surface area contributed by atoms with Crippen LogP contribution in [0.3, 0.4) is 0 Å².